The van der Waals surface area contributed by atoms with Crippen LogP contribution in [0.4, 0.5) is 0 Å². The van der Waals surface area contributed by atoms with E-state index in [0.29, 0.717) is 0 Å². The van der Waals surface area contributed by atoms with Gasteiger partial charge in [-0.3, -0.25) is 0 Å². The third-order valence-electron chi connectivity index (χ3n) is 1.24. The van der Waals surface area contributed by atoms with Crippen LogP contribution in [0.3, 0.4) is 0 Å². The molecule has 0 aliphatic heterocycles. The third kappa shape index (κ3) is 1.46. The monoisotopic (exact) mass is 307 g/mol. The summed E-state index contributed by atoms with van der Waals surface area (Å²) < 4.78 is 3.52. The molecule has 2 rings (SSSR count). The summed E-state index contributed by atoms with van der Waals surface area (Å²) in [6.45, 7) is 0. The quantitative estimate of drug-likeness (QED) is 0.811. The molecule has 2 aromatic rings. The summed E-state index contributed by atoms with van der Waals surface area (Å²) in [4.78, 5) is 4.24. The van der Waals surface area contributed by atoms with Crippen molar-refractivity contribution in [3.8, 4) is 5.13 Å². The van der Waals surface area contributed by atoms with Crippen LogP contribution in [0.15, 0.2) is 26.8 Å². The molecule has 0 saturated heterocycles. The topological polar surface area (TPSA) is 30.7 Å². The number of hydrogen-bond acceptors (Lipinski definition) is 3. The van der Waals surface area contributed by atoms with Crippen LogP contribution in [0, 0.1) is 0 Å². The van der Waals surface area contributed by atoms with Gasteiger partial charge in [-0.05, 0) is 37.9 Å². The number of nitrogens with zero attached hydrogens (tertiary/aromatic N) is 3. The number of hydrogen-bond donors (Lipinski definition) is 0. The maximum Gasteiger partial charge on any atom is 0.212 e. The minimum Gasteiger partial charge on any atom is -0.214 e. The molecule has 0 spiro atoms. The average molecular weight is 309 g/mol. The molecular formula is C6H3Br2N3S. The van der Waals surface area contributed by atoms with E-state index in [1.54, 1.807) is 10.9 Å². The zero-order valence-corrected chi connectivity index (χ0v) is 9.73. The van der Waals surface area contributed by atoms with Gasteiger partial charge in [-0.15, -0.1) is 0 Å². The SMILES string of the molecule is Brc1nc(-n2cccn2)sc1Br. The molecular weight excluding hydrogens is 306 g/mol. The van der Waals surface area contributed by atoms with Gasteiger partial charge in [-0.1, -0.05) is 11.3 Å². The lowest BCUT2D eigenvalue weighted by atomic mass is 10.8. The van der Waals surface area contributed by atoms with Gasteiger partial charge in [0, 0.05) is 12.4 Å². The Morgan fingerprint density at radius 2 is 2.25 bits per heavy atom. The molecule has 0 aliphatic carbocycles. The van der Waals surface area contributed by atoms with E-state index in [1.165, 1.54) is 11.3 Å². The fraction of sp³-hybridized carbons (Fsp3) is 0. The van der Waals surface area contributed by atoms with E-state index >= 15 is 0 Å². The highest BCUT2D eigenvalue weighted by Gasteiger charge is 2.06. The van der Waals surface area contributed by atoms with E-state index in [0.717, 1.165) is 13.5 Å². The lowest BCUT2D eigenvalue weighted by molar-refractivity contribution is 0.867. The van der Waals surface area contributed by atoms with Gasteiger partial charge in [0.1, 0.15) is 8.39 Å². The lowest BCUT2D eigenvalue weighted by Crippen LogP contribution is -1.91. The van der Waals surface area contributed by atoms with Crippen molar-refractivity contribution in [2.24, 2.45) is 0 Å². The molecule has 0 aromatic carbocycles. The van der Waals surface area contributed by atoms with E-state index in [-0.39, 0.29) is 0 Å². The first-order valence-corrected chi connectivity index (χ1v) is 5.49. The van der Waals surface area contributed by atoms with Crippen LogP contribution >= 0.6 is 43.2 Å². The Labute approximate surface area is 89.7 Å². The predicted octanol–water partition coefficient (Wildman–Crippen LogP) is 2.85. The standard InChI is InChI=1S/C6H3Br2N3S/c7-4-5(8)12-6(10-4)11-3-1-2-9-11/h1-3H. The summed E-state index contributed by atoms with van der Waals surface area (Å²) in [5, 5.41) is 4.91. The number of aromatic nitrogens is 3. The molecule has 6 heteroatoms. The molecule has 0 amide bonds. The van der Waals surface area contributed by atoms with Crippen molar-refractivity contribution in [1.82, 2.24) is 14.8 Å². The third-order valence-corrected chi connectivity index (χ3v) is 4.30. The summed E-state index contributed by atoms with van der Waals surface area (Å²) in [6, 6.07) is 1.86. The second-order valence-corrected chi connectivity index (χ2v) is 5.06. The van der Waals surface area contributed by atoms with Crippen LogP contribution in [0.1, 0.15) is 0 Å². The van der Waals surface area contributed by atoms with E-state index in [9.17, 15) is 0 Å². The first-order chi connectivity index (χ1) is 5.77. The molecule has 0 radical (unpaired) electrons. The van der Waals surface area contributed by atoms with E-state index in [4.69, 9.17) is 0 Å². The highest BCUT2D eigenvalue weighted by atomic mass is 79.9. The Bertz CT molecular complexity index is 362. The molecule has 2 heterocycles. The summed E-state index contributed by atoms with van der Waals surface area (Å²) in [7, 11) is 0. The van der Waals surface area contributed by atoms with Gasteiger partial charge in [-0.2, -0.15) is 5.10 Å². The van der Waals surface area contributed by atoms with Crippen molar-refractivity contribution in [2.45, 2.75) is 0 Å². The van der Waals surface area contributed by atoms with Crippen molar-refractivity contribution >= 4 is 43.2 Å². The Balaban J connectivity index is 2.48. The smallest absolute Gasteiger partial charge is 0.212 e. The maximum absolute atomic E-state index is 4.24. The van der Waals surface area contributed by atoms with Crippen molar-refractivity contribution in [3.05, 3.63) is 26.8 Å². The minimum atomic E-state index is 0.818. The summed E-state index contributed by atoms with van der Waals surface area (Å²) >= 11 is 8.21. The van der Waals surface area contributed by atoms with Crippen molar-refractivity contribution in [1.29, 1.82) is 0 Å². The van der Waals surface area contributed by atoms with Crippen LogP contribution in [-0.4, -0.2) is 14.8 Å². The number of halogens is 2. The number of rotatable bonds is 1. The van der Waals surface area contributed by atoms with Crippen LogP contribution < -0.4 is 0 Å². The minimum absolute atomic E-state index is 0.818. The summed E-state index contributed by atoms with van der Waals surface area (Å²) in [5.74, 6) is 0. The Hall–Kier alpha value is -0.200. The van der Waals surface area contributed by atoms with Crippen LogP contribution in [0.2, 0.25) is 0 Å². The van der Waals surface area contributed by atoms with Gasteiger partial charge < -0.3 is 0 Å². The van der Waals surface area contributed by atoms with Gasteiger partial charge in [0.05, 0.1) is 0 Å². The second-order valence-electron chi connectivity index (χ2n) is 2.01. The van der Waals surface area contributed by atoms with E-state index in [2.05, 4.69) is 41.9 Å². The molecule has 0 fully saturated rings. The van der Waals surface area contributed by atoms with E-state index in [1.807, 2.05) is 12.3 Å². The summed E-state index contributed by atoms with van der Waals surface area (Å²) in [6.07, 6.45) is 3.58. The van der Waals surface area contributed by atoms with Gasteiger partial charge in [-0.25, -0.2) is 9.67 Å². The fourth-order valence-electron chi connectivity index (χ4n) is 0.753. The van der Waals surface area contributed by atoms with Crippen LogP contribution in [0.25, 0.3) is 5.13 Å². The van der Waals surface area contributed by atoms with Crippen molar-refractivity contribution < 1.29 is 0 Å². The Kier molecular flexibility index (Phi) is 2.29. The molecule has 0 saturated carbocycles. The second kappa shape index (κ2) is 3.27. The van der Waals surface area contributed by atoms with Crippen molar-refractivity contribution in [3.63, 3.8) is 0 Å². The molecule has 2 aromatic heterocycles. The Morgan fingerprint density at radius 1 is 1.42 bits per heavy atom. The van der Waals surface area contributed by atoms with Gasteiger partial charge in [0.2, 0.25) is 5.13 Å². The first kappa shape index (κ1) is 8.40. The molecule has 0 N–H and O–H groups in total. The van der Waals surface area contributed by atoms with Gasteiger partial charge in [0.25, 0.3) is 0 Å². The lowest BCUT2D eigenvalue weighted by Gasteiger charge is -1.90. The molecule has 0 unspecified atom stereocenters. The zero-order valence-electron chi connectivity index (χ0n) is 5.74. The maximum atomic E-state index is 4.24. The highest BCUT2D eigenvalue weighted by molar-refractivity contribution is 9.13. The molecule has 0 aliphatic rings. The summed E-state index contributed by atoms with van der Waals surface area (Å²) in [5.41, 5.74) is 0. The largest absolute Gasteiger partial charge is 0.214 e. The zero-order chi connectivity index (χ0) is 8.55. The van der Waals surface area contributed by atoms with Gasteiger partial charge >= 0.3 is 0 Å². The fourth-order valence-corrected chi connectivity index (χ4v) is 2.43. The first-order valence-electron chi connectivity index (χ1n) is 3.09. The molecule has 62 valence electrons. The average Bonchev–Trinajstić information content (AvgIpc) is 2.61. The van der Waals surface area contributed by atoms with Crippen LogP contribution in [0.5, 0.6) is 0 Å². The van der Waals surface area contributed by atoms with Gasteiger partial charge in [0.15, 0.2) is 0 Å². The number of thiazole rings is 1. The highest BCUT2D eigenvalue weighted by Crippen LogP contribution is 2.30. The van der Waals surface area contributed by atoms with Crippen LogP contribution in [-0.2, 0) is 0 Å². The molecule has 0 bridgehead atoms. The molecule has 12 heavy (non-hydrogen) atoms. The molecule has 0 atom stereocenters. The van der Waals surface area contributed by atoms with E-state index < -0.39 is 0 Å². The Morgan fingerprint density at radius 3 is 2.75 bits per heavy atom. The normalized spacial score (nSPS) is 10.5. The predicted molar refractivity (Wildman–Crippen MR) is 54.6 cm³/mol. The molecule has 3 nitrogen and oxygen atoms in total. The van der Waals surface area contributed by atoms with Crippen molar-refractivity contribution in [2.75, 3.05) is 0 Å².